The maximum absolute atomic E-state index is 12.3. The number of imidazole rings is 1. The van der Waals surface area contributed by atoms with Crippen LogP contribution in [-0.2, 0) is 24.2 Å². The van der Waals surface area contributed by atoms with Crippen molar-refractivity contribution in [2.45, 2.75) is 25.8 Å². The van der Waals surface area contributed by atoms with E-state index in [9.17, 15) is 4.79 Å². The zero-order chi connectivity index (χ0) is 14.7. The van der Waals surface area contributed by atoms with E-state index in [4.69, 9.17) is 4.74 Å². The fourth-order valence-electron chi connectivity index (χ4n) is 2.70. The van der Waals surface area contributed by atoms with E-state index in [1.54, 1.807) is 13.4 Å². The van der Waals surface area contributed by atoms with E-state index < -0.39 is 0 Å². The summed E-state index contributed by atoms with van der Waals surface area (Å²) in [6.07, 6.45) is 4.21. The summed E-state index contributed by atoms with van der Waals surface area (Å²) in [5.41, 5.74) is 3.28. The van der Waals surface area contributed by atoms with Crippen molar-refractivity contribution in [2.24, 2.45) is 5.92 Å². The van der Waals surface area contributed by atoms with Crippen molar-refractivity contribution in [3.05, 3.63) is 47.5 Å². The summed E-state index contributed by atoms with van der Waals surface area (Å²) in [6.45, 7) is 0.551. The number of nitrogens with zero attached hydrogens (tertiary/aromatic N) is 1. The Morgan fingerprint density at radius 3 is 3.00 bits per heavy atom. The highest BCUT2D eigenvalue weighted by Gasteiger charge is 2.25. The number of hydrogen-bond donors (Lipinski definition) is 2. The Morgan fingerprint density at radius 1 is 1.43 bits per heavy atom. The van der Waals surface area contributed by atoms with Gasteiger partial charge in [-0.25, -0.2) is 4.98 Å². The van der Waals surface area contributed by atoms with Gasteiger partial charge in [0, 0.05) is 24.6 Å². The van der Waals surface area contributed by atoms with Crippen LogP contribution in [-0.4, -0.2) is 23.0 Å². The molecule has 1 amide bonds. The number of nitrogens with one attached hydrogen (secondary N) is 2. The van der Waals surface area contributed by atoms with Gasteiger partial charge in [-0.3, -0.25) is 4.79 Å². The minimum Gasteiger partial charge on any atom is -0.497 e. The molecule has 5 heteroatoms. The van der Waals surface area contributed by atoms with Crippen molar-refractivity contribution >= 4 is 5.91 Å². The molecule has 1 aromatic heterocycles. The molecule has 5 nitrogen and oxygen atoms in total. The molecule has 110 valence electrons. The number of carbonyl (C=O) groups excluding carboxylic acids is 1. The zero-order valence-electron chi connectivity index (χ0n) is 12.1. The number of carbonyl (C=O) groups is 1. The van der Waals surface area contributed by atoms with Gasteiger partial charge < -0.3 is 15.0 Å². The Labute approximate surface area is 123 Å². The summed E-state index contributed by atoms with van der Waals surface area (Å²) in [6, 6.07) is 7.73. The highest BCUT2D eigenvalue weighted by molar-refractivity contribution is 5.79. The fraction of sp³-hybridized carbons (Fsp3) is 0.375. The summed E-state index contributed by atoms with van der Waals surface area (Å²) in [5, 5.41) is 3.02. The number of rotatable bonds is 4. The van der Waals surface area contributed by atoms with Crippen LogP contribution in [0.2, 0.25) is 0 Å². The Kier molecular flexibility index (Phi) is 3.90. The van der Waals surface area contributed by atoms with E-state index in [2.05, 4.69) is 15.3 Å². The van der Waals surface area contributed by atoms with Gasteiger partial charge in [0.2, 0.25) is 5.91 Å². The lowest BCUT2D eigenvalue weighted by Crippen LogP contribution is -2.33. The largest absolute Gasteiger partial charge is 0.497 e. The third kappa shape index (κ3) is 3.07. The fourth-order valence-corrected chi connectivity index (χ4v) is 2.70. The maximum atomic E-state index is 12.3. The quantitative estimate of drug-likeness (QED) is 0.900. The zero-order valence-corrected chi connectivity index (χ0v) is 12.1. The van der Waals surface area contributed by atoms with Gasteiger partial charge in [0.05, 0.1) is 19.1 Å². The lowest BCUT2D eigenvalue weighted by molar-refractivity contribution is -0.125. The number of aryl methyl sites for hydroxylation is 1. The van der Waals surface area contributed by atoms with Crippen molar-refractivity contribution in [3.63, 3.8) is 0 Å². The van der Waals surface area contributed by atoms with Crippen LogP contribution in [0.3, 0.4) is 0 Å². The monoisotopic (exact) mass is 285 g/mol. The third-order valence-corrected chi connectivity index (χ3v) is 3.98. The molecule has 3 rings (SSSR count). The van der Waals surface area contributed by atoms with E-state index in [0.29, 0.717) is 6.54 Å². The van der Waals surface area contributed by atoms with Gasteiger partial charge in [0.15, 0.2) is 0 Å². The molecule has 0 saturated carbocycles. The highest BCUT2D eigenvalue weighted by atomic mass is 16.5. The van der Waals surface area contributed by atoms with Crippen molar-refractivity contribution in [2.75, 3.05) is 7.11 Å². The summed E-state index contributed by atoms with van der Waals surface area (Å²) in [7, 11) is 1.64. The molecule has 1 heterocycles. The molecular weight excluding hydrogens is 266 g/mol. The molecular formula is C16H19N3O2. The van der Waals surface area contributed by atoms with Crippen molar-refractivity contribution in [1.29, 1.82) is 0 Å². The summed E-state index contributed by atoms with van der Waals surface area (Å²) in [4.78, 5) is 19.6. The number of benzene rings is 1. The SMILES string of the molecule is COc1ccc(CNC(=O)C2CCc3nc[nH]c3C2)cc1. The first-order chi connectivity index (χ1) is 10.3. The number of amides is 1. The molecule has 21 heavy (non-hydrogen) atoms. The van der Waals surface area contributed by atoms with Gasteiger partial charge in [0.25, 0.3) is 0 Å². The summed E-state index contributed by atoms with van der Waals surface area (Å²) >= 11 is 0. The number of fused-ring (bicyclic) bond motifs is 1. The van der Waals surface area contributed by atoms with Gasteiger partial charge in [-0.15, -0.1) is 0 Å². The molecule has 0 bridgehead atoms. The van der Waals surface area contributed by atoms with E-state index in [1.165, 1.54) is 0 Å². The van der Waals surface area contributed by atoms with Gasteiger partial charge in [-0.1, -0.05) is 12.1 Å². The Hall–Kier alpha value is -2.30. The first-order valence-corrected chi connectivity index (χ1v) is 7.18. The highest BCUT2D eigenvalue weighted by Crippen LogP contribution is 2.23. The molecule has 0 fully saturated rings. The minimum atomic E-state index is 0.0381. The first-order valence-electron chi connectivity index (χ1n) is 7.18. The number of aromatic amines is 1. The van der Waals surface area contributed by atoms with Crippen molar-refractivity contribution in [1.82, 2.24) is 15.3 Å². The van der Waals surface area contributed by atoms with Crippen molar-refractivity contribution in [3.8, 4) is 5.75 Å². The van der Waals surface area contributed by atoms with Crippen LogP contribution >= 0.6 is 0 Å². The summed E-state index contributed by atoms with van der Waals surface area (Å²) < 4.78 is 5.12. The molecule has 0 radical (unpaired) electrons. The van der Waals surface area contributed by atoms with E-state index >= 15 is 0 Å². The molecule has 0 saturated heterocycles. The van der Waals surface area contributed by atoms with E-state index in [0.717, 1.165) is 42.0 Å². The molecule has 2 aromatic rings. The lowest BCUT2D eigenvalue weighted by Gasteiger charge is -2.20. The average molecular weight is 285 g/mol. The number of H-pyrrole nitrogens is 1. The predicted molar refractivity (Wildman–Crippen MR) is 78.9 cm³/mol. The number of hydrogen-bond acceptors (Lipinski definition) is 3. The molecule has 1 aromatic carbocycles. The summed E-state index contributed by atoms with van der Waals surface area (Å²) in [5.74, 6) is 0.978. The first kappa shape index (κ1) is 13.7. The second kappa shape index (κ2) is 5.99. The molecule has 1 unspecified atom stereocenters. The van der Waals surface area contributed by atoms with E-state index in [-0.39, 0.29) is 11.8 Å². The van der Waals surface area contributed by atoms with Gasteiger partial charge >= 0.3 is 0 Å². The molecule has 1 aliphatic carbocycles. The van der Waals surface area contributed by atoms with Gasteiger partial charge in [0.1, 0.15) is 5.75 Å². The lowest BCUT2D eigenvalue weighted by atomic mass is 9.89. The van der Waals surface area contributed by atoms with Gasteiger partial charge in [-0.05, 0) is 30.5 Å². The number of ether oxygens (including phenoxy) is 1. The average Bonchev–Trinajstić information content (AvgIpc) is 3.00. The second-order valence-corrected chi connectivity index (χ2v) is 5.33. The smallest absolute Gasteiger partial charge is 0.223 e. The van der Waals surface area contributed by atoms with Gasteiger partial charge in [-0.2, -0.15) is 0 Å². The Bertz CT molecular complexity index is 619. The second-order valence-electron chi connectivity index (χ2n) is 5.33. The Balaban J connectivity index is 1.54. The normalized spacial score (nSPS) is 17.1. The van der Waals surface area contributed by atoms with Crippen LogP contribution in [0.5, 0.6) is 5.75 Å². The predicted octanol–water partition coefficient (Wildman–Crippen LogP) is 1.84. The van der Waals surface area contributed by atoms with Crippen molar-refractivity contribution < 1.29 is 9.53 Å². The molecule has 1 aliphatic rings. The van der Waals surface area contributed by atoms with Crippen LogP contribution < -0.4 is 10.1 Å². The van der Waals surface area contributed by atoms with Crippen LogP contribution in [0.1, 0.15) is 23.4 Å². The molecule has 0 spiro atoms. The van der Waals surface area contributed by atoms with Crippen LogP contribution in [0, 0.1) is 5.92 Å². The topological polar surface area (TPSA) is 67.0 Å². The third-order valence-electron chi connectivity index (χ3n) is 3.98. The number of methoxy groups -OCH3 is 1. The van der Waals surface area contributed by atoms with Crippen LogP contribution in [0.15, 0.2) is 30.6 Å². The van der Waals surface area contributed by atoms with Crippen LogP contribution in [0.4, 0.5) is 0 Å². The molecule has 1 atom stereocenters. The standard InChI is InChI=1S/C16H19N3O2/c1-21-13-5-2-11(3-6-13)9-17-16(20)12-4-7-14-15(8-12)19-10-18-14/h2-3,5-6,10,12H,4,7-9H2,1H3,(H,17,20)(H,18,19). The number of aromatic nitrogens is 2. The Morgan fingerprint density at radius 2 is 2.24 bits per heavy atom. The van der Waals surface area contributed by atoms with E-state index in [1.807, 2.05) is 24.3 Å². The molecule has 0 aliphatic heterocycles. The minimum absolute atomic E-state index is 0.0381. The maximum Gasteiger partial charge on any atom is 0.223 e. The molecule has 2 N–H and O–H groups in total. The van der Waals surface area contributed by atoms with Crippen LogP contribution in [0.25, 0.3) is 0 Å².